The highest BCUT2D eigenvalue weighted by molar-refractivity contribution is 6.14. The van der Waals surface area contributed by atoms with E-state index in [9.17, 15) is 8.22 Å². The van der Waals surface area contributed by atoms with E-state index in [-0.39, 0.29) is 110 Å². The summed E-state index contributed by atoms with van der Waals surface area (Å²) in [5.74, 6) is 0. The van der Waals surface area contributed by atoms with Crippen LogP contribution < -0.4 is 0 Å². The van der Waals surface area contributed by atoms with E-state index in [0.29, 0.717) is 65.7 Å². The summed E-state index contributed by atoms with van der Waals surface area (Å²) in [6, 6.07) is 24.4. The summed E-state index contributed by atoms with van der Waals surface area (Å²) in [7, 11) is 0. The first kappa shape index (κ1) is 36.3. The topological polar surface area (TPSA) is 29.6 Å². The van der Waals surface area contributed by atoms with Crippen LogP contribution in [0.4, 0.5) is 0 Å². The van der Waals surface area contributed by atoms with Crippen LogP contribution in [-0.4, -0.2) is 27.4 Å². The van der Waals surface area contributed by atoms with Gasteiger partial charge in [-0.1, -0.05) is 284 Å². The van der Waals surface area contributed by atoms with Crippen molar-refractivity contribution >= 4 is 131 Å². The number of benzene rings is 18. The Morgan fingerprint density at radius 1 is 0.157 bits per heavy atom. The van der Waals surface area contributed by atoms with E-state index in [0.717, 1.165) is 30.7 Å². The third kappa shape index (κ3) is 11.2. The third-order valence-electron chi connectivity index (χ3n) is 20.1. The summed E-state index contributed by atoms with van der Waals surface area (Å²) in [5.41, 5.74) is -1.59. The molecule has 0 fully saturated rings. The van der Waals surface area contributed by atoms with Crippen LogP contribution in [0, 0.1) is 6.92 Å². The molecular weight excluding hydrogens is 1390 g/mol. The Morgan fingerprint density at radius 3 is 0.652 bits per heavy atom. The number of para-hydroxylation sites is 11. The lowest BCUT2D eigenvalue weighted by atomic mass is 10.0. The largest absolute Gasteiger partial charge is 0.309 e. The van der Waals surface area contributed by atoms with Crippen molar-refractivity contribution in [3.63, 3.8) is 0 Å². The molecule has 115 heavy (non-hydrogen) atoms. The van der Waals surface area contributed by atoms with Gasteiger partial charge in [0.2, 0.25) is 0 Å². The fraction of sp³-hybridized carbons (Fsp3) is 0.00917. The molecule has 6 heterocycles. The minimum Gasteiger partial charge on any atom is -0.309 e. The SMILES string of the molecule is [2H]c1c([2H])c(-c2c([2H])c([2H])c([2H])c(-n3c4c([2H])c([2H])c([2H])c([2H])c4c4c([2H])c(C)c([2H])c([2H])c43)c2[2H])c([2H])c(-n2c3c([2H])c([2H])c([2H])c([2H])c3c3c([2H])c([2H])c([2H])c([2H])c32)c1[2H].[2H]c1c([2H])c(-c2c([2H])c([2H])c([2H])c(-n3c4ccccc4c4ccccc43)c2[2H])c([2H])c(-n2c3ccccc3c3ccccc32)c1[2H].[2H]c1ccc2c(c1)c1cc([2H])ccc1n2-c1c([2H])c([2H])c([2H])c(-c2c([2H])c([2H])c([2H])c(-n3c4ccc([2H])cc4c4cc([2H])ccc43)c2[2H])c1[2H]. The van der Waals surface area contributed by atoms with Gasteiger partial charge in [-0.05, 0) is 192 Å². The Kier molecular flexibility index (Phi) is 8.72. The Bertz CT molecular complexity index is 9750. The fourth-order valence-electron chi connectivity index (χ4n) is 15.3. The van der Waals surface area contributed by atoms with Gasteiger partial charge in [-0.3, -0.25) is 0 Å². The smallest absolute Gasteiger partial charge is 0.0651 e. The molecule has 0 amide bonds. The quantitative estimate of drug-likeness (QED) is 0.138. The van der Waals surface area contributed by atoms with Crippen molar-refractivity contribution in [3.05, 3.63) is 435 Å². The molecule has 0 aliphatic heterocycles. The van der Waals surface area contributed by atoms with Gasteiger partial charge in [0, 0.05) is 98.8 Å². The van der Waals surface area contributed by atoms with E-state index < -0.39 is 267 Å². The molecule has 0 spiro atoms. The second-order valence-corrected chi connectivity index (χ2v) is 26.6. The molecule has 0 radical (unpaired) electrons. The van der Waals surface area contributed by atoms with Crippen molar-refractivity contribution in [2.75, 3.05) is 0 Å². The molecule has 24 aromatic rings. The fourth-order valence-corrected chi connectivity index (χ4v) is 15.3. The first-order chi connectivity index (χ1) is 74.9. The van der Waals surface area contributed by atoms with Crippen LogP contribution in [0.5, 0.6) is 0 Å². The van der Waals surface area contributed by atoms with Gasteiger partial charge in [-0.15, -0.1) is 0 Å². The maximum atomic E-state index is 9.61. The molecule has 24 rings (SSSR count). The zero-order valence-electron chi connectivity index (χ0n) is 103. The molecule has 0 aliphatic rings. The van der Waals surface area contributed by atoms with E-state index in [1.807, 2.05) is 97.1 Å². The molecule has 0 N–H and O–H groups in total. The standard InChI is InChI=1S/C37H26N2.2C36H24N2/c1-25-20-21-37-33(22-25)32-16-4-7-19-36(32)39(37)29-13-9-11-27(24-29)26-10-8-12-28(23-26)38-34-17-5-2-14-30(34)31-15-3-6-18-35(31)38;2*1-5-19-33-29(15-1)30-16-2-6-20-34(30)37(33)27-13-9-11-25(23-27)26-12-10-14-28(24-26)38-35-21-7-3-17-31(35)32-18-4-8-22-36(32)38/h2-24H,1H3;2*1-24H/i2D,3D,4D,5D,6D,7D,8D,9D,10D,11D,12D,13D,14D,15D,16D,17D,18D,19D,20D,21D,22D,23D,24D;1D,2D,3D,4D,9D,10D,11D,12D,13D,14D,23D,24D;9D,10D,11D,12D,13D,14D,23D,24D. The highest BCUT2D eigenvalue weighted by Crippen LogP contribution is 2.42. The second kappa shape index (κ2) is 27.6. The molecule has 0 bridgehead atoms. The average molecular weight is 1510 g/mol. The molecule has 0 aliphatic carbocycles. The third-order valence-corrected chi connectivity index (χ3v) is 20.1. The zero-order chi connectivity index (χ0) is 113. The van der Waals surface area contributed by atoms with Crippen LogP contribution in [0.15, 0.2) is 430 Å². The highest BCUT2D eigenvalue weighted by atomic mass is 15.0. The molecule has 18 aromatic carbocycles. The Balaban J connectivity index is 0.000000134. The average Bonchev–Trinajstić information content (AvgIpc) is 1.53. The van der Waals surface area contributed by atoms with E-state index >= 15 is 0 Å². The van der Waals surface area contributed by atoms with Gasteiger partial charge in [-0.25, -0.2) is 0 Å². The minimum absolute atomic E-state index is 0.0435. The molecule has 540 valence electrons. The Hall–Kier alpha value is -15.2. The molecule has 0 saturated carbocycles. The van der Waals surface area contributed by atoms with Crippen molar-refractivity contribution in [2.45, 2.75) is 6.92 Å². The number of aromatic nitrogens is 6. The summed E-state index contributed by atoms with van der Waals surface area (Å²) in [5, 5.41) is 4.44. The summed E-state index contributed by atoms with van der Waals surface area (Å²) < 4.78 is 390. The maximum Gasteiger partial charge on any atom is 0.0651 e. The van der Waals surface area contributed by atoms with Gasteiger partial charge >= 0.3 is 0 Å². The zero-order valence-corrected chi connectivity index (χ0v) is 59.8. The lowest BCUT2D eigenvalue weighted by Gasteiger charge is -2.12. The molecule has 6 aromatic heterocycles. The second-order valence-electron chi connectivity index (χ2n) is 26.6. The van der Waals surface area contributed by atoms with E-state index in [2.05, 4.69) is 0 Å². The maximum absolute atomic E-state index is 9.61. The molecular formula is C109H74N6. The first-order valence-corrected chi connectivity index (χ1v) is 36.0. The summed E-state index contributed by atoms with van der Waals surface area (Å²) >= 11 is 0. The Morgan fingerprint density at radius 2 is 0.374 bits per heavy atom. The van der Waals surface area contributed by atoms with Gasteiger partial charge in [0.1, 0.15) is 0 Å². The number of hydrogen-bond acceptors (Lipinski definition) is 0. The van der Waals surface area contributed by atoms with E-state index in [1.54, 1.807) is 91.1 Å². The molecule has 6 nitrogen and oxygen atoms in total. The van der Waals surface area contributed by atoms with Crippen molar-refractivity contribution in [1.29, 1.82) is 0 Å². The molecule has 0 atom stereocenters. The van der Waals surface area contributed by atoms with Gasteiger partial charge < -0.3 is 27.4 Å². The predicted octanol–water partition coefficient (Wildman–Crippen LogP) is 29.0. The van der Waals surface area contributed by atoms with Gasteiger partial charge in [-0.2, -0.15) is 0 Å². The highest BCUT2D eigenvalue weighted by Gasteiger charge is 2.20. The van der Waals surface area contributed by atoms with Gasteiger partial charge in [0.15, 0.2) is 0 Å². The Labute approximate surface area is 725 Å². The number of rotatable bonds is 9. The van der Waals surface area contributed by atoms with Gasteiger partial charge in [0.05, 0.1) is 125 Å². The summed E-state index contributed by atoms with van der Waals surface area (Å²) in [6.45, 7) is 1.35. The molecule has 0 unspecified atom stereocenters. The predicted molar refractivity (Wildman–Crippen MR) is 486 cm³/mol. The van der Waals surface area contributed by atoms with Gasteiger partial charge in [0.25, 0.3) is 0 Å². The van der Waals surface area contributed by atoms with E-state index in [1.165, 1.54) is 6.92 Å². The van der Waals surface area contributed by atoms with Crippen molar-refractivity contribution < 1.29 is 58.9 Å². The normalized spacial score (nSPS) is 16.9. The van der Waals surface area contributed by atoms with Crippen molar-refractivity contribution in [1.82, 2.24) is 27.4 Å². The number of hydrogen-bond donors (Lipinski definition) is 0. The van der Waals surface area contributed by atoms with E-state index in [4.69, 9.17) is 50.7 Å². The van der Waals surface area contributed by atoms with Crippen molar-refractivity contribution in [3.8, 4) is 67.5 Å². The molecule has 6 heteroatoms. The van der Waals surface area contributed by atoms with Crippen LogP contribution >= 0.6 is 0 Å². The van der Waals surface area contributed by atoms with Crippen LogP contribution in [0.2, 0.25) is 0 Å². The summed E-state index contributed by atoms with van der Waals surface area (Å²) in [4.78, 5) is 0. The van der Waals surface area contributed by atoms with Crippen molar-refractivity contribution in [2.24, 2.45) is 0 Å². The van der Waals surface area contributed by atoms with Crippen LogP contribution in [0.3, 0.4) is 0 Å². The first-order valence-electron chi connectivity index (χ1n) is 57.5. The van der Waals surface area contributed by atoms with Crippen LogP contribution in [0.25, 0.3) is 198 Å². The number of fused-ring (bicyclic) bond motifs is 18. The number of nitrogens with zero attached hydrogens (tertiary/aromatic N) is 6. The summed E-state index contributed by atoms with van der Waals surface area (Å²) in [6.07, 6.45) is 0. The lowest BCUT2D eigenvalue weighted by molar-refractivity contribution is 1.17. The van der Waals surface area contributed by atoms with Crippen LogP contribution in [0.1, 0.15) is 64.5 Å². The monoisotopic (exact) mass is 1510 g/mol. The molecule has 0 saturated heterocycles. The lowest BCUT2D eigenvalue weighted by Crippen LogP contribution is -1.96. The minimum atomic E-state index is -1.00. The van der Waals surface area contributed by atoms with Crippen LogP contribution in [-0.2, 0) is 0 Å².